The molecule has 18 heavy (non-hydrogen) atoms. The third kappa shape index (κ3) is 5.09. The van der Waals surface area contributed by atoms with Gasteiger partial charge < -0.3 is 11.5 Å². The molecule has 1 fully saturated rings. The number of rotatable bonds is 3. The quantitative estimate of drug-likeness (QED) is 0.347. The predicted octanol–water partition coefficient (Wildman–Crippen LogP) is 2.00. The number of amidine groups is 2. The van der Waals surface area contributed by atoms with E-state index in [1.54, 1.807) is 0 Å². The van der Waals surface area contributed by atoms with E-state index in [1.165, 1.54) is 0 Å². The van der Waals surface area contributed by atoms with E-state index < -0.39 is 0 Å². The predicted molar refractivity (Wildman–Crippen MR) is 79.9 cm³/mol. The van der Waals surface area contributed by atoms with Crippen molar-refractivity contribution in [2.45, 2.75) is 25.7 Å². The molecule has 0 bridgehead atoms. The van der Waals surface area contributed by atoms with Gasteiger partial charge in [0, 0.05) is 5.92 Å². The highest BCUT2D eigenvalue weighted by molar-refractivity contribution is 8.26. The van der Waals surface area contributed by atoms with Crippen LogP contribution in [0.25, 0.3) is 0 Å². The van der Waals surface area contributed by atoms with Gasteiger partial charge in [-0.3, -0.25) is 21.6 Å². The Kier molecular flexibility index (Phi) is 5.67. The topological polar surface area (TPSA) is 147 Å². The van der Waals surface area contributed by atoms with Gasteiger partial charge in [-0.25, -0.2) is 0 Å². The van der Waals surface area contributed by atoms with E-state index in [2.05, 4.69) is 0 Å². The van der Waals surface area contributed by atoms with Crippen LogP contribution in [-0.4, -0.2) is 20.4 Å². The van der Waals surface area contributed by atoms with Crippen molar-refractivity contribution < 1.29 is 0 Å². The van der Waals surface area contributed by atoms with Crippen molar-refractivity contribution in [1.82, 2.24) is 0 Å². The summed E-state index contributed by atoms with van der Waals surface area (Å²) < 4.78 is 0. The third-order valence-corrected chi connectivity index (χ3v) is 4.25. The molecular weight excluding hydrogens is 268 g/mol. The largest absolute Gasteiger partial charge is 0.378 e. The van der Waals surface area contributed by atoms with Gasteiger partial charge in [-0.15, -0.1) is 0 Å². The van der Waals surface area contributed by atoms with Crippen molar-refractivity contribution >= 4 is 43.9 Å². The van der Waals surface area contributed by atoms with E-state index in [4.69, 9.17) is 33.1 Å². The van der Waals surface area contributed by atoms with Gasteiger partial charge in [0.05, 0.1) is 10.1 Å². The van der Waals surface area contributed by atoms with Crippen LogP contribution in [0.3, 0.4) is 0 Å². The fourth-order valence-corrected chi connectivity index (χ4v) is 3.34. The second-order valence-corrected chi connectivity index (χ2v) is 6.52. The second kappa shape index (κ2) is 6.79. The molecule has 0 spiro atoms. The summed E-state index contributed by atoms with van der Waals surface area (Å²) in [5.41, 5.74) is 10.5. The molecule has 2 atom stereocenters. The molecule has 100 valence electrons. The summed E-state index contributed by atoms with van der Waals surface area (Å²) in [5, 5.41) is 30.6. The zero-order valence-corrected chi connectivity index (χ0v) is 11.6. The highest BCUT2D eigenvalue weighted by Gasteiger charge is 2.29. The summed E-state index contributed by atoms with van der Waals surface area (Å²) in [6.07, 6.45) is 3.38. The van der Waals surface area contributed by atoms with Crippen LogP contribution >= 0.6 is 23.5 Å². The SMILES string of the molecule is N=C(N)SC(=N)C[C@H]1CC[C@@H](C(=N)SC(=N)N)C1. The molecule has 0 aromatic heterocycles. The molecule has 0 saturated heterocycles. The van der Waals surface area contributed by atoms with Crippen molar-refractivity contribution in [2.75, 3.05) is 0 Å². The van der Waals surface area contributed by atoms with Crippen LogP contribution in [0.5, 0.6) is 0 Å². The minimum absolute atomic E-state index is 0.0386. The Hall–Kier alpha value is -1.02. The number of thioether (sulfide) groups is 2. The first kappa shape index (κ1) is 15.0. The molecule has 1 aliphatic carbocycles. The summed E-state index contributed by atoms with van der Waals surface area (Å²) in [4.78, 5) is 0. The van der Waals surface area contributed by atoms with Crippen LogP contribution in [0.15, 0.2) is 0 Å². The van der Waals surface area contributed by atoms with E-state index in [9.17, 15) is 0 Å². The van der Waals surface area contributed by atoms with Crippen LogP contribution in [-0.2, 0) is 0 Å². The van der Waals surface area contributed by atoms with E-state index >= 15 is 0 Å². The number of nitrogens with two attached hydrogens (primary N) is 2. The van der Waals surface area contributed by atoms with Gasteiger partial charge in [0.25, 0.3) is 0 Å². The fraction of sp³-hybridized carbons (Fsp3) is 0.600. The maximum atomic E-state index is 7.83. The van der Waals surface area contributed by atoms with E-state index in [1.807, 2.05) is 0 Å². The van der Waals surface area contributed by atoms with Crippen molar-refractivity contribution in [3.63, 3.8) is 0 Å². The maximum Gasteiger partial charge on any atom is 0.157 e. The summed E-state index contributed by atoms with van der Waals surface area (Å²) in [5.74, 6) is 0.543. The van der Waals surface area contributed by atoms with Crippen molar-refractivity contribution in [3.8, 4) is 0 Å². The van der Waals surface area contributed by atoms with Gasteiger partial charge in [-0.1, -0.05) is 0 Å². The normalized spacial score (nSPS) is 22.7. The van der Waals surface area contributed by atoms with Gasteiger partial charge in [0.1, 0.15) is 0 Å². The Bertz CT molecular complexity index is 381. The first-order valence-corrected chi connectivity index (χ1v) is 7.21. The van der Waals surface area contributed by atoms with Gasteiger partial charge in [-0.2, -0.15) is 0 Å². The molecule has 0 heterocycles. The monoisotopic (exact) mass is 286 g/mol. The Morgan fingerprint density at radius 1 is 1.00 bits per heavy atom. The number of hydrogen-bond donors (Lipinski definition) is 6. The number of hydrogen-bond acceptors (Lipinski definition) is 6. The molecule has 0 aromatic carbocycles. The molecule has 0 aromatic rings. The minimum Gasteiger partial charge on any atom is -0.378 e. The summed E-state index contributed by atoms with van der Waals surface area (Å²) >= 11 is 2.01. The first-order chi connectivity index (χ1) is 8.38. The van der Waals surface area contributed by atoms with Crippen LogP contribution < -0.4 is 11.5 Å². The zero-order chi connectivity index (χ0) is 13.7. The second-order valence-electron chi connectivity index (χ2n) is 4.30. The lowest BCUT2D eigenvalue weighted by Crippen LogP contribution is -2.14. The third-order valence-electron chi connectivity index (χ3n) is 2.84. The van der Waals surface area contributed by atoms with Crippen LogP contribution in [0, 0.1) is 33.5 Å². The molecule has 1 saturated carbocycles. The maximum absolute atomic E-state index is 7.83. The van der Waals surface area contributed by atoms with E-state index in [0.29, 0.717) is 22.4 Å². The molecule has 1 aliphatic rings. The van der Waals surface area contributed by atoms with Crippen molar-refractivity contribution in [2.24, 2.45) is 23.3 Å². The van der Waals surface area contributed by atoms with Crippen LogP contribution in [0.4, 0.5) is 0 Å². The van der Waals surface area contributed by atoms with Crippen molar-refractivity contribution in [1.29, 1.82) is 21.6 Å². The average molecular weight is 286 g/mol. The smallest absolute Gasteiger partial charge is 0.157 e. The number of nitrogens with one attached hydrogen (secondary N) is 4. The van der Waals surface area contributed by atoms with E-state index in [-0.39, 0.29) is 16.3 Å². The molecule has 0 aliphatic heterocycles. The molecule has 8 N–H and O–H groups in total. The lowest BCUT2D eigenvalue weighted by atomic mass is 10.0. The highest BCUT2D eigenvalue weighted by atomic mass is 32.2. The lowest BCUT2D eigenvalue weighted by molar-refractivity contribution is 0.563. The Morgan fingerprint density at radius 2 is 1.61 bits per heavy atom. The Labute approximate surface area is 115 Å². The molecule has 0 unspecified atom stereocenters. The summed E-state index contributed by atoms with van der Waals surface area (Å²) in [6.45, 7) is 0. The summed E-state index contributed by atoms with van der Waals surface area (Å²) in [6, 6.07) is 0. The average Bonchev–Trinajstić information content (AvgIpc) is 2.63. The van der Waals surface area contributed by atoms with Crippen LogP contribution in [0.1, 0.15) is 25.7 Å². The highest BCUT2D eigenvalue weighted by Crippen LogP contribution is 2.36. The minimum atomic E-state index is -0.0468. The zero-order valence-electron chi connectivity index (χ0n) is 9.95. The summed E-state index contributed by atoms with van der Waals surface area (Å²) in [7, 11) is 0. The molecule has 0 radical (unpaired) electrons. The standard InChI is InChI=1S/C10H18N6S2/c11-7(17-9(13)14)4-5-1-2-6(3-5)8(12)18-10(15)16/h5-6,11-12H,1-4H2,(H3,13,14)(H3,15,16)/t5-,6+/m0/s1. The van der Waals surface area contributed by atoms with Gasteiger partial charge in [-0.05, 0) is 55.1 Å². The van der Waals surface area contributed by atoms with Gasteiger partial charge in [0.15, 0.2) is 10.3 Å². The molecule has 1 rings (SSSR count). The van der Waals surface area contributed by atoms with Gasteiger partial charge in [0.2, 0.25) is 0 Å². The lowest BCUT2D eigenvalue weighted by Gasteiger charge is -2.12. The molecule has 6 nitrogen and oxygen atoms in total. The van der Waals surface area contributed by atoms with Gasteiger partial charge >= 0.3 is 0 Å². The fourth-order valence-electron chi connectivity index (χ4n) is 2.14. The van der Waals surface area contributed by atoms with Crippen molar-refractivity contribution in [3.05, 3.63) is 0 Å². The molecule has 0 amide bonds. The Balaban J connectivity index is 2.37. The van der Waals surface area contributed by atoms with Crippen LogP contribution in [0.2, 0.25) is 0 Å². The first-order valence-electron chi connectivity index (χ1n) is 5.58. The molecular formula is C10H18N6S2. The molecule has 8 heteroatoms. The van der Waals surface area contributed by atoms with E-state index in [0.717, 1.165) is 42.8 Å². The Morgan fingerprint density at radius 3 is 2.17 bits per heavy atom.